The molecule has 0 bridgehead atoms. The van der Waals surface area contributed by atoms with E-state index in [0.717, 1.165) is 0 Å². The van der Waals surface area contributed by atoms with Crippen molar-refractivity contribution in [1.29, 1.82) is 0 Å². The summed E-state index contributed by atoms with van der Waals surface area (Å²) in [5.74, 6) is -0.863. The first kappa shape index (κ1) is 7.01. The van der Waals surface area contributed by atoms with Gasteiger partial charge in [0.15, 0.2) is 0 Å². The number of carbonyl (C=O) groups is 1. The fourth-order valence-electron chi connectivity index (χ4n) is 0.206. The van der Waals surface area contributed by atoms with E-state index in [1.54, 1.807) is 6.92 Å². The molecule has 0 aliphatic carbocycles. The predicted molar refractivity (Wildman–Crippen MR) is 28.2 cm³/mol. The Labute approximate surface area is 47.6 Å². The number of esters is 1. The van der Waals surface area contributed by atoms with Crippen LogP contribution in [0.4, 0.5) is 0 Å². The summed E-state index contributed by atoms with van der Waals surface area (Å²) in [4.78, 5) is 9.99. The SMILES string of the molecule is CC=C(O)OC(C)=O. The summed E-state index contributed by atoms with van der Waals surface area (Å²) < 4.78 is 4.18. The number of hydrogen-bond donors (Lipinski definition) is 1. The number of aliphatic hydroxyl groups excluding tert-OH is 1. The van der Waals surface area contributed by atoms with Gasteiger partial charge in [0.05, 0.1) is 0 Å². The summed E-state index contributed by atoms with van der Waals surface area (Å²) >= 11 is 0. The van der Waals surface area contributed by atoms with E-state index in [-0.39, 0.29) is 5.95 Å². The van der Waals surface area contributed by atoms with Crippen LogP contribution < -0.4 is 0 Å². The molecule has 3 nitrogen and oxygen atoms in total. The van der Waals surface area contributed by atoms with E-state index in [9.17, 15) is 4.79 Å². The lowest BCUT2D eigenvalue weighted by Gasteiger charge is -1.94. The van der Waals surface area contributed by atoms with Crippen molar-refractivity contribution in [1.82, 2.24) is 0 Å². The molecule has 0 heterocycles. The molecule has 8 heavy (non-hydrogen) atoms. The first-order valence-corrected chi connectivity index (χ1v) is 2.20. The van der Waals surface area contributed by atoms with Crippen molar-refractivity contribution in [3.63, 3.8) is 0 Å². The van der Waals surface area contributed by atoms with E-state index in [1.807, 2.05) is 0 Å². The van der Waals surface area contributed by atoms with E-state index in [4.69, 9.17) is 5.11 Å². The summed E-state index contributed by atoms with van der Waals surface area (Å²) in [6.45, 7) is 2.79. The fourth-order valence-corrected chi connectivity index (χ4v) is 0.206. The molecular formula is C5H8O3. The molecule has 0 amide bonds. The van der Waals surface area contributed by atoms with Crippen molar-refractivity contribution < 1.29 is 14.6 Å². The largest absolute Gasteiger partial charge is 0.481 e. The second-order valence-electron chi connectivity index (χ2n) is 1.22. The summed E-state index contributed by atoms with van der Waals surface area (Å²) in [6.07, 6.45) is 1.29. The standard InChI is InChI=1S/C5H8O3/c1-3-5(7)8-4(2)6/h3,7H,1-2H3. The van der Waals surface area contributed by atoms with Gasteiger partial charge in [-0.2, -0.15) is 0 Å². The Morgan fingerprint density at radius 3 is 2.38 bits per heavy atom. The minimum Gasteiger partial charge on any atom is -0.481 e. The highest BCUT2D eigenvalue weighted by Gasteiger charge is 1.93. The zero-order valence-electron chi connectivity index (χ0n) is 4.84. The normalized spacial score (nSPS) is 11.0. The maximum Gasteiger partial charge on any atom is 0.310 e. The van der Waals surface area contributed by atoms with Gasteiger partial charge in [0, 0.05) is 6.92 Å². The lowest BCUT2D eigenvalue weighted by molar-refractivity contribution is -0.140. The van der Waals surface area contributed by atoms with Gasteiger partial charge < -0.3 is 9.84 Å². The molecule has 3 heteroatoms. The first-order valence-electron chi connectivity index (χ1n) is 2.20. The van der Waals surface area contributed by atoms with Gasteiger partial charge in [0.2, 0.25) is 0 Å². The van der Waals surface area contributed by atoms with Gasteiger partial charge in [-0.15, -0.1) is 0 Å². The second-order valence-corrected chi connectivity index (χ2v) is 1.22. The van der Waals surface area contributed by atoms with Crippen LogP contribution in [0.5, 0.6) is 0 Å². The number of aliphatic hydroxyl groups is 1. The molecule has 0 rings (SSSR count). The third kappa shape index (κ3) is 3.21. The molecule has 1 N–H and O–H groups in total. The Morgan fingerprint density at radius 2 is 2.25 bits per heavy atom. The molecule has 0 aromatic heterocycles. The molecule has 0 radical (unpaired) electrons. The molecule has 0 spiro atoms. The monoisotopic (exact) mass is 116 g/mol. The molecule has 0 unspecified atom stereocenters. The van der Waals surface area contributed by atoms with Gasteiger partial charge in [-0.25, -0.2) is 0 Å². The van der Waals surface area contributed by atoms with Crippen molar-refractivity contribution in [2.24, 2.45) is 0 Å². The summed E-state index contributed by atoms with van der Waals surface area (Å²) in [6, 6.07) is 0. The molecule has 0 aliphatic heterocycles. The van der Waals surface area contributed by atoms with Crippen LogP contribution in [0.15, 0.2) is 12.0 Å². The van der Waals surface area contributed by atoms with Crippen LogP contribution in [0.2, 0.25) is 0 Å². The van der Waals surface area contributed by atoms with E-state index in [0.29, 0.717) is 0 Å². The third-order valence-electron chi connectivity index (χ3n) is 0.495. The van der Waals surface area contributed by atoms with Crippen LogP contribution in [0.25, 0.3) is 0 Å². The molecule has 0 fully saturated rings. The number of hydrogen-bond acceptors (Lipinski definition) is 3. The van der Waals surface area contributed by atoms with Gasteiger partial charge in [-0.3, -0.25) is 4.79 Å². The van der Waals surface area contributed by atoms with Gasteiger partial charge in [0.25, 0.3) is 5.95 Å². The molecular weight excluding hydrogens is 108 g/mol. The van der Waals surface area contributed by atoms with Gasteiger partial charge in [-0.1, -0.05) is 0 Å². The Kier molecular flexibility index (Phi) is 2.69. The topological polar surface area (TPSA) is 46.5 Å². The number of allylic oxidation sites excluding steroid dienone is 1. The van der Waals surface area contributed by atoms with Crippen LogP contribution in [-0.2, 0) is 9.53 Å². The number of ether oxygens (including phenoxy) is 1. The molecule has 0 atom stereocenters. The Bertz CT molecular complexity index is 115. The van der Waals surface area contributed by atoms with Crippen molar-refractivity contribution >= 4 is 5.97 Å². The third-order valence-corrected chi connectivity index (χ3v) is 0.495. The average Bonchev–Trinajstić information content (AvgIpc) is 1.65. The Hall–Kier alpha value is -0.990. The van der Waals surface area contributed by atoms with E-state index >= 15 is 0 Å². The van der Waals surface area contributed by atoms with Gasteiger partial charge in [0.1, 0.15) is 0 Å². The van der Waals surface area contributed by atoms with Crippen LogP contribution in [0.3, 0.4) is 0 Å². The Morgan fingerprint density at radius 1 is 1.75 bits per heavy atom. The molecule has 46 valence electrons. The highest BCUT2D eigenvalue weighted by atomic mass is 16.6. The maximum atomic E-state index is 9.99. The minimum absolute atomic E-state index is 0.350. The van der Waals surface area contributed by atoms with Crippen LogP contribution in [0, 0.1) is 0 Å². The highest BCUT2D eigenvalue weighted by Crippen LogP contribution is 1.89. The van der Waals surface area contributed by atoms with Crippen LogP contribution in [-0.4, -0.2) is 11.1 Å². The highest BCUT2D eigenvalue weighted by molar-refractivity contribution is 5.66. The minimum atomic E-state index is -0.513. The molecule has 0 aliphatic rings. The van der Waals surface area contributed by atoms with Crippen molar-refractivity contribution in [3.05, 3.63) is 12.0 Å². The van der Waals surface area contributed by atoms with Gasteiger partial charge >= 0.3 is 5.97 Å². The van der Waals surface area contributed by atoms with Crippen LogP contribution in [0.1, 0.15) is 13.8 Å². The Balaban J connectivity index is 3.56. The lowest BCUT2D eigenvalue weighted by Crippen LogP contribution is -1.96. The zero-order valence-corrected chi connectivity index (χ0v) is 4.84. The first-order chi connectivity index (χ1) is 3.66. The quantitative estimate of drug-likeness (QED) is 0.410. The van der Waals surface area contributed by atoms with E-state index in [2.05, 4.69) is 4.74 Å². The van der Waals surface area contributed by atoms with Gasteiger partial charge in [-0.05, 0) is 13.0 Å². The van der Waals surface area contributed by atoms with Crippen molar-refractivity contribution in [2.45, 2.75) is 13.8 Å². The molecule has 0 saturated heterocycles. The maximum absolute atomic E-state index is 9.99. The van der Waals surface area contributed by atoms with Crippen molar-refractivity contribution in [2.75, 3.05) is 0 Å². The fraction of sp³-hybridized carbons (Fsp3) is 0.400. The summed E-state index contributed by atoms with van der Waals surface area (Å²) in [5.41, 5.74) is 0. The predicted octanol–water partition coefficient (Wildman–Crippen LogP) is 0.969. The van der Waals surface area contributed by atoms with Crippen molar-refractivity contribution in [3.8, 4) is 0 Å². The average molecular weight is 116 g/mol. The molecule has 0 saturated carbocycles. The summed E-state index contributed by atoms with van der Waals surface area (Å²) in [7, 11) is 0. The zero-order chi connectivity index (χ0) is 6.57. The van der Waals surface area contributed by atoms with Crippen LogP contribution >= 0.6 is 0 Å². The number of carbonyl (C=O) groups excluding carboxylic acids is 1. The number of rotatable bonds is 1. The summed E-state index contributed by atoms with van der Waals surface area (Å²) in [5, 5.41) is 8.45. The lowest BCUT2D eigenvalue weighted by atomic mass is 10.7. The van der Waals surface area contributed by atoms with E-state index < -0.39 is 5.97 Å². The smallest absolute Gasteiger partial charge is 0.310 e. The molecule has 0 aromatic rings. The molecule has 0 aromatic carbocycles. The van der Waals surface area contributed by atoms with E-state index in [1.165, 1.54) is 13.0 Å². The second kappa shape index (κ2) is 3.07.